The molecule has 3 N–H and O–H groups in total. The fraction of sp³-hybridized carbons (Fsp3) is 0.485. The van der Waals surface area contributed by atoms with Crippen LogP contribution in [0.25, 0.3) is 11.0 Å². The highest BCUT2D eigenvalue weighted by atomic mass is 19.4. The third kappa shape index (κ3) is 7.99. The minimum atomic E-state index is -4.56. The number of benzene rings is 2. The second-order valence-electron chi connectivity index (χ2n) is 11.9. The average Bonchev–Trinajstić information content (AvgIpc) is 3.45. The number of fused-ring (bicyclic) bond motifs is 1. The first-order chi connectivity index (χ1) is 22.9. The molecule has 3 atom stereocenters. The van der Waals surface area contributed by atoms with Gasteiger partial charge in [-0.05, 0) is 37.0 Å². The molecular formula is C33H37F5N6O4. The molecule has 10 nitrogen and oxygen atoms in total. The van der Waals surface area contributed by atoms with E-state index in [1.54, 1.807) is 0 Å². The third-order valence-electron chi connectivity index (χ3n) is 8.62. The molecule has 3 heterocycles. The molecule has 0 saturated carbocycles. The van der Waals surface area contributed by atoms with Crippen molar-refractivity contribution in [3.63, 3.8) is 0 Å². The smallest absolute Gasteiger partial charge is 0.406 e. The summed E-state index contributed by atoms with van der Waals surface area (Å²) in [6, 6.07) is 4.52. The number of hydrogen-bond donors (Lipinski definition) is 3. The predicted molar refractivity (Wildman–Crippen MR) is 168 cm³/mol. The van der Waals surface area contributed by atoms with E-state index in [-0.39, 0.29) is 64.2 Å². The quantitative estimate of drug-likeness (QED) is 0.243. The molecule has 5 rings (SSSR count). The highest BCUT2D eigenvalue weighted by Gasteiger charge is 2.39. The zero-order valence-electron chi connectivity index (χ0n) is 26.7. The number of piperidine rings is 1. The van der Waals surface area contributed by atoms with Crippen molar-refractivity contribution < 1.29 is 41.0 Å². The Hall–Kier alpha value is -4.42. The van der Waals surface area contributed by atoms with Gasteiger partial charge in [0.1, 0.15) is 29.8 Å². The minimum Gasteiger partial charge on any atom is -0.494 e. The molecule has 1 aromatic heterocycles. The Morgan fingerprint density at radius 1 is 1.10 bits per heavy atom. The van der Waals surface area contributed by atoms with E-state index < -0.39 is 42.6 Å². The molecule has 0 bridgehead atoms. The SMILES string of the molecule is CNC(=O)c1cc(NCC#Cc2cc(C(=O)N[C@@H]3[C@@H](C)CN(C4CCOCC4)C[C@@H]3F)c3ncn(CC(F)(F)F)c3c2)c(OC)cc1F. The number of hydrogen-bond acceptors (Lipinski definition) is 7. The lowest BCUT2D eigenvalue weighted by molar-refractivity contribution is -0.140. The number of nitrogens with one attached hydrogen (secondary N) is 3. The van der Waals surface area contributed by atoms with E-state index >= 15 is 4.39 Å². The molecule has 0 aliphatic carbocycles. The predicted octanol–water partition coefficient (Wildman–Crippen LogP) is 4.14. The topological polar surface area (TPSA) is 110 Å². The maximum absolute atomic E-state index is 15.6. The van der Waals surface area contributed by atoms with Gasteiger partial charge < -0.3 is 30.0 Å². The molecule has 15 heteroatoms. The van der Waals surface area contributed by atoms with Gasteiger partial charge in [-0.3, -0.25) is 14.5 Å². The molecule has 48 heavy (non-hydrogen) atoms. The lowest BCUT2D eigenvalue weighted by Gasteiger charge is -2.44. The van der Waals surface area contributed by atoms with Crippen LogP contribution in [0.5, 0.6) is 5.75 Å². The number of halogens is 5. The number of anilines is 1. The maximum atomic E-state index is 15.6. The number of nitrogens with zero attached hydrogens (tertiary/aromatic N) is 3. The first-order valence-electron chi connectivity index (χ1n) is 15.5. The number of carbonyl (C=O) groups is 2. The van der Waals surface area contributed by atoms with Crippen molar-refractivity contribution in [3.05, 3.63) is 53.1 Å². The van der Waals surface area contributed by atoms with Crippen LogP contribution in [0.3, 0.4) is 0 Å². The summed E-state index contributed by atoms with van der Waals surface area (Å²) in [5.41, 5.74) is 0.310. The summed E-state index contributed by atoms with van der Waals surface area (Å²) >= 11 is 0. The van der Waals surface area contributed by atoms with Crippen molar-refractivity contribution in [1.29, 1.82) is 0 Å². The van der Waals surface area contributed by atoms with Gasteiger partial charge in [0.15, 0.2) is 0 Å². The fourth-order valence-corrected chi connectivity index (χ4v) is 6.25. The monoisotopic (exact) mass is 676 g/mol. The van der Waals surface area contributed by atoms with Crippen LogP contribution in [0.2, 0.25) is 0 Å². The van der Waals surface area contributed by atoms with Crippen LogP contribution >= 0.6 is 0 Å². The van der Waals surface area contributed by atoms with Gasteiger partial charge in [0.25, 0.3) is 11.8 Å². The van der Waals surface area contributed by atoms with Crippen molar-refractivity contribution in [2.45, 2.75) is 50.7 Å². The fourth-order valence-electron chi connectivity index (χ4n) is 6.25. The van der Waals surface area contributed by atoms with Gasteiger partial charge >= 0.3 is 6.18 Å². The van der Waals surface area contributed by atoms with Crippen LogP contribution < -0.4 is 20.7 Å². The van der Waals surface area contributed by atoms with Crippen LogP contribution in [0.4, 0.5) is 27.6 Å². The van der Waals surface area contributed by atoms with Crippen LogP contribution in [0.15, 0.2) is 30.6 Å². The number of alkyl halides is 4. The van der Waals surface area contributed by atoms with E-state index in [1.165, 1.54) is 32.4 Å². The Bertz CT molecular complexity index is 1700. The third-order valence-corrected chi connectivity index (χ3v) is 8.62. The van der Waals surface area contributed by atoms with E-state index in [1.807, 2.05) is 6.92 Å². The van der Waals surface area contributed by atoms with E-state index in [0.29, 0.717) is 19.8 Å². The summed E-state index contributed by atoms with van der Waals surface area (Å²) in [5.74, 6) is 3.47. The Morgan fingerprint density at radius 2 is 1.85 bits per heavy atom. The van der Waals surface area contributed by atoms with Gasteiger partial charge in [0.2, 0.25) is 0 Å². The molecule has 0 radical (unpaired) electrons. The van der Waals surface area contributed by atoms with Crippen molar-refractivity contribution >= 4 is 28.5 Å². The number of likely N-dealkylation sites (tertiary alicyclic amines) is 1. The Kier molecular flexibility index (Phi) is 10.7. The van der Waals surface area contributed by atoms with Crippen LogP contribution in [0, 0.1) is 23.6 Å². The summed E-state index contributed by atoms with van der Waals surface area (Å²) in [6.07, 6.45) is -3.29. The second kappa shape index (κ2) is 14.8. The summed E-state index contributed by atoms with van der Waals surface area (Å²) in [7, 11) is 2.70. The van der Waals surface area contributed by atoms with Gasteiger partial charge in [0.05, 0.1) is 48.4 Å². The molecule has 2 aromatic carbocycles. The number of ether oxygens (including phenoxy) is 2. The Labute approximate surface area is 274 Å². The zero-order valence-corrected chi connectivity index (χ0v) is 26.7. The maximum Gasteiger partial charge on any atom is 0.406 e. The minimum absolute atomic E-state index is 0.0286. The number of methoxy groups -OCH3 is 1. The number of rotatable bonds is 8. The normalized spacial score (nSPS) is 20.5. The molecule has 0 unspecified atom stereocenters. The van der Waals surface area contributed by atoms with E-state index in [9.17, 15) is 27.2 Å². The molecule has 2 amide bonds. The summed E-state index contributed by atoms with van der Waals surface area (Å²) in [6.45, 7) is 2.46. The lowest BCUT2D eigenvalue weighted by Crippen LogP contribution is -2.59. The van der Waals surface area contributed by atoms with Crippen LogP contribution in [-0.2, 0) is 11.3 Å². The van der Waals surface area contributed by atoms with Crippen molar-refractivity contribution in [2.75, 3.05) is 52.3 Å². The van der Waals surface area contributed by atoms with Crippen molar-refractivity contribution in [1.82, 2.24) is 25.1 Å². The summed E-state index contributed by atoms with van der Waals surface area (Å²) in [4.78, 5) is 31.9. The van der Waals surface area contributed by atoms with Crippen LogP contribution in [-0.4, -0.2) is 97.7 Å². The number of aromatic nitrogens is 2. The van der Waals surface area contributed by atoms with Gasteiger partial charge in [-0.2, -0.15) is 13.2 Å². The molecule has 2 saturated heterocycles. The largest absolute Gasteiger partial charge is 0.494 e. The highest BCUT2D eigenvalue weighted by molar-refractivity contribution is 6.05. The van der Waals surface area contributed by atoms with E-state index in [2.05, 4.69) is 37.7 Å². The number of imidazole rings is 1. The molecule has 2 aliphatic heterocycles. The molecule has 2 fully saturated rings. The molecule has 258 valence electrons. The average molecular weight is 677 g/mol. The van der Waals surface area contributed by atoms with Crippen LogP contribution in [0.1, 0.15) is 46.0 Å². The first kappa shape index (κ1) is 34.9. The van der Waals surface area contributed by atoms with E-state index in [4.69, 9.17) is 9.47 Å². The van der Waals surface area contributed by atoms with E-state index in [0.717, 1.165) is 29.8 Å². The highest BCUT2D eigenvalue weighted by Crippen LogP contribution is 2.29. The zero-order chi connectivity index (χ0) is 34.6. The number of amides is 2. The Morgan fingerprint density at radius 3 is 2.52 bits per heavy atom. The molecule has 3 aromatic rings. The Balaban J connectivity index is 1.39. The molecular weight excluding hydrogens is 639 g/mol. The standard InChI is InChI=1S/C33H37F5N6O4/c1-19-15-43(21-6-9-48-10-7-21)16-25(35)29(19)42-32(46)23-11-20(12-27-30(23)41-18-44(27)17-33(36,37)38)5-4-8-40-26-13-22(31(45)39-2)24(34)14-28(26)47-3/h11-14,18-19,21,25,29,40H,6-10,15-17H2,1-3H3,(H,39,45)(H,42,46)/t19-,25-,29+/m0/s1. The molecule has 0 spiro atoms. The first-order valence-corrected chi connectivity index (χ1v) is 15.5. The molecule has 2 aliphatic rings. The number of carbonyl (C=O) groups excluding carboxylic acids is 2. The van der Waals surface area contributed by atoms with Gasteiger partial charge in [0, 0.05) is 51.0 Å². The van der Waals surface area contributed by atoms with Gasteiger partial charge in [-0.1, -0.05) is 18.8 Å². The summed E-state index contributed by atoms with van der Waals surface area (Å²) < 4.78 is 81.6. The van der Waals surface area contributed by atoms with Gasteiger partial charge in [-0.25, -0.2) is 13.8 Å². The van der Waals surface area contributed by atoms with Crippen molar-refractivity contribution in [2.24, 2.45) is 5.92 Å². The second-order valence-corrected chi connectivity index (χ2v) is 11.9. The van der Waals surface area contributed by atoms with Crippen molar-refractivity contribution in [3.8, 4) is 17.6 Å². The lowest BCUT2D eigenvalue weighted by atomic mass is 9.89. The van der Waals surface area contributed by atoms with Gasteiger partial charge in [-0.15, -0.1) is 0 Å². The summed E-state index contributed by atoms with van der Waals surface area (Å²) in [5, 5.41) is 8.08.